The van der Waals surface area contributed by atoms with Gasteiger partial charge in [0.1, 0.15) is 0 Å². The minimum Gasteiger partial charge on any atom is -0.342 e. The van der Waals surface area contributed by atoms with Crippen LogP contribution in [0.5, 0.6) is 0 Å². The first kappa shape index (κ1) is 21.6. The molecule has 1 N–H and O–H groups in total. The summed E-state index contributed by atoms with van der Waals surface area (Å²) in [6.45, 7) is 4.59. The summed E-state index contributed by atoms with van der Waals surface area (Å²) < 4.78 is 39.1. The first-order valence-corrected chi connectivity index (χ1v) is 10.0. The van der Waals surface area contributed by atoms with E-state index < -0.39 is 17.6 Å². The Morgan fingerprint density at radius 3 is 2.07 bits per heavy atom. The van der Waals surface area contributed by atoms with E-state index in [-0.39, 0.29) is 18.1 Å². The zero-order valence-corrected chi connectivity index (χ0v) is 16.4. The number of para-hydroxylation sites is 1. The normalized spacial score (nSPS) is 19.2. The minimum absolute atomic E-state index is 0.0279. The van der Waals surface area contributed by atoms with Crippen LogP contribution < -0.4 is 5.32 Å². The van der Waals surface area contributed by atoms with Gasteiger partial charge < -0.3 is 10.2 Å². The summed E-state index contributed by atoms with van der Waals surface area (Å²) in [4.78, 5) is 30.5. The first-order chi connectivity index (χ1) is 13.8. The second kappa shape index (κ2) is 9.58. The number of hydrogen-bond acceptors (Lipinski definition) is 4. The van der Waals surface area contributed by atoms with Crippen LogP contribution in [0.25, 0.3) is 0 Å². The number of anilines is 1. The molecule has 2 fully saturated rings. The molecule has 9 heteroatoms. The van der Waals surface area contributed by atoms with Crippen LogP contribution in [-0.2, 0) is 15.8 Å². The minimum atomic E-state index is -4.52. The zero-order valence-electron chi connectivity index (χ0n) is 16.4. The molecule has 2 saturated heterocycles. The number of amides is 2. The third kappa shape index (κ3) is 6.17. The lowest BCUT2D eigenvalue weighted by Crippen LogP contribution is -2.51. The lowest BCUT2D eigenvalue weighted by molar-refractivity contribution is -0.137. The molecule has 0 atom stereocenters. The number of likely N-dealkylation sites (tertiary alicyclic amines) is 1. The Morgan fingerprint density at radius 2 is 1.45 bits per heavy atom. The summed E-state index contributed by atoms with van der Waals surface area (Å²) >= 11 is 0. The van der Waals surface area contributed by atoms with E-state index in [0.29, 0.717) is 32.7 Å². The van der Waals surface area contributed by atoms with Crippen LogP contribution >= 0.6 is 0 Å². The highest BCUT2D eigenvalue weighted by Crippen LogP contribution is 2.34. The SMILES string of the molecule is O=C(CN1CCN(CC(=O)N2CCCCC2)CC1)Nc1ccccc1C(F)(F)F. The van der Waals surface area contributed by atoms with E-state index in [1.807, 2.05) is 9.80 Å². The Hall–Kier alpha value is -2.13. The zero-order chi connectivity index (χ0) is 20.9. The molecule has 2 amide bonds. The van der Waals surface area contributed by atoms with Crippen molar-refractivity contribution in [3.8, 4) is 0 Å². The summed E-state index contributed by atoms with van der Waals surface area (Å²) in [5.41, 5.74) is -1.08. The van der Waals surface area contributed by atoms with Crippen LogP contribution in [0, 0.1) is 0 Å². The van der Waals surface area contributed by atoms with Gasteiger partial charge in [-0.3, -0.25) is 19.4 Å². The van der Waals surface area contributed by atoms with Crippen molar-refractivity contribution >= 4 is 17.5 Å². The lowest BCUT2D eigenvalue weighted by atomic mass is 10.1. The van der Waals surface area contributed by atoms with Gasteiger partial charge in [-0.05, 0) is 31.4 Å². The van der Waals surface area contributed by atoms with Crippen molar-refractivity contribution in [3.63, 3.8) is 0 Å². The summed E-state index contributed by atoms with van der Waals surface area (Å²) in [5, 5.41) is 2.38. The van der Waals surface area contributed by atoms with E-state index in [4.69, 9.17) is 0 Å². The van der Waals surface area contributed by atoms with E-state index >= 15 is 0 Å². The van der Waals surface area contributed by atoms with Crippen LogP contribution in [0.1, 0.15) is 24.8 Å². The fraction of sp³-hybridized carbons (Fsp3) is 0.600. The molecule has 1 aromatic carbocycles. The highest BCUT2D eigenvalue weighted by molar-refractivity contribution is 5.93. The van der Waals surface area contributed by atoms with Gasteiger partial charge >= 0.3 is 6.18 Å². The third-order valence-corrected chi connectivity index (χ3v) is 5.41. The number of piperidine rings is 1. The number of piperazine rings is 1. The highest BCUT2D eigenvalue weighted by Gasteiger charge is 2.33. The Bertz CT molecular complexity index is 712. The van der Waals surface area contributed by atoms with Gasteiger partial charge in [0.25, 0.3) is 0 Å². The smallest absolute Gasteiger partial charge is 0.342 e. The van der Waals surface area contributed by atoms with Crippen LogP contribution in [0.3, 0.4) is 0 Å². The number of halogens is 3. The number of nitrogens with zero attached hydrogens (tertiary/aromatic N) is 3. The van der Waals surface area contributed by atoms with Crippen molar-refractivity contribution in [1.29, 1.82) is 0 Å². The fourth-order valence-corrected chi connectivity index (χ4v) is 3.77. The molecule has 0 radical (unpaired) electrons. The van der Waals surface area contributed by atoms with Crippen molar-refractivity contribution in [2.24, 2.45) is 0 Å². The molecule has 0 aromatic heterocycles. The lowest BCUT2D eigenvalue weighted by Gasteiger charge is -2.35. The number of rotatable bonds is 5. The Morgan fingerprint density at radius 1 is 0.862 bits per heavy atom. The molecule has 0 aliphatic carbocycles. The second-order valence-electron chi connectivity index (χ2n) is 7.59. The van der Waals surface area contributed by atoms with E-state index in [2.05, 4.69) is 10.2 Å². The van der Waals surface area contributed by atoms with E-state index in [0.717, 1.165) is 32.0 Å². The highest BCUT2D eigenvalue weighted by atomic mass is 19.4. The number of carbonyl (C=O) groups is 2. The number of benzene rings is 1. The molecule has 6 nitrogen and oxygen atoms in total. The number of nitrogens with one attached hydrogen (secondary N) is 1. The van der Waals surface area contributed by atoms with Gasteiger partial charge in [-0.1, -0.05) is 12.1 Å². The quantitative estimate of drug-likeness (QED) is 0.806. The fourth-order valence-electron chi connectivity index (χ4n) is 3.77. The topological polar surface area (TPSA) is 55.9 Å². The molecule has 0 bridgehead atoms. The predicted molar refractivity (Wildman–Crippen MR) is 103 cm³/mol. The van der Waals surface area contributed by atoms with Gasteiger partial charge in [-0.15, -0.1) is 0 Å². The van der Waals surface area contributed by atoms with E-state index in [9.17, 15) is 22.8 Å². The van der Waals surface area contributed by atoms with Crippen LogP contribution in [0.4, 0.5) is 18.9 Å². The summed E-state index contributed by atoms with van der Waals surface area (Å²) in [5.74, 6) is -0.320. The van der Waals surface area contributed by atoms with Gasteiger partial charge in [0.2, 0.25) is 11.8 Å². The first-order valence-electron chi connectivity index (χ1n) is 10.0. The molecule has 160 valence electrons. The largest absolute Gasteiger partial charge is 0.418 e. The molecular formula is C20H27F3N4O2. The molecule has 3 rings (SSSR count). The maximum absolute atomic E-state index is 13.0. The summed E-state index contributed by atoms with van der Waals surface area (Å²) in [6.07, 6.45) is -1.22. The molecule has 0 saturated carbocycles. The monoisotopic (exact) mass is 412 g/mol. The molecule has 2 aliphatic rings. The van der Waals surface area contributed by atoms with Crippen molar-refractivity contribution in [3.05, 3.63) is 29.8 Å². The van der Waals surface area contributed by atoms with Crippen LogP contribution in [-0.4, -0.2) is 78.9 Å². The van der Waals surface area contributed by atoms with Gasteiger partial charge in [-0.2, -0.15) is 13.2 Å². The second-order valence-corrected chi connectivity index (χ2v) is 7.59. The van der Waals surface area contributed by atoms with Crippen molar-refractivity contribution in [2.75, 3.05) is 57.7 Å². The van der Waals surface area contributed by atoms with Crippen molar-refractivity contribution < 1.29 is 22.8 Å². The molecule has 1 aromatic rings. The number of hydrogen-bond donors (Lipinski definition) is 1. The predicted octanol–water partition coefficient (Wildman–Crippen LogP) is 2.27. The van der Waals surface area contributed by atoms with Gasteiger partial charge in [0, 0.05) is 39.3 Å². The van der Waals surface area contributed by atoms with Crippen molar-refractivity contribution in [2.45, 2.75) is 25.4 Å². The van der Waals surface area contributed by atoms with Gasteiger partial charge in [0.15, 0.2) is 0 Å². The third-order valence-electron chi connectivity index (χ3n) is 5.41. The number of alkyl halides is 3. The van der Waals surface area contributed by atoms with Crippen LogP contribution in [0.15, 0.2) is 24.3 Å². The van der Waals surface area contributed by atoms with Crippen molar-refractivity contribution in [1.82, 2.24) is 14.7 Å². The Balaban J connectivity index is 1.44. The average Bonchev–Trinajstić information content (AvgIpc) is 2.69. The Kier molecular flexibility index (Phi) is 7.13. The summed E-state index contributed by atoms with van der Waals surface area (Å²) in [6, 6.07) is 4.96. The maximum Gasteiger partial charge on any atom is 0.418 e. The molecule has 0 unspecified atom stereocenters. The van der Waals surface area contributed by atoms with Crippen LogP contribution in [0.2, 0.25) is 0 Å². The van der Waals surface area contributed by atoms with E-state index in [1.165, 1.54) is 24.6 Å². The summed E-state index contributed by atoms with van der Waals surface area (Å²) in [7, 11) is 0. The Labute approximate surface area is 168 Å². The average molecular weight is 412 g/mol. The molecule has 2 heterocycles. The number of carbonyl (C=O) groups excluding carboxylic acids is 2. The molecule has 2 aliphatic heterocycles. The molecule has 29 heavy (non-hydrogen) atoms. The maximum atomic E-state index is 13.0. The van der Waals surface area contributed by atoms with Gasteiger partial charge in [-0.25, -0.2) is 0 Å². The molecule has 0 spiro atoms. The standard InChI is InChI=1S/C20H27F3N4O2/c21-20(22,23)16-6-2-3-7-17(16)24-18(28)14-25-10-12-26(13-11-25)15-19(29)27-8-4-1-5-9-27/h2-3,6-7H,1,4-5,8-15H2,(H,24,28). The van der Waals surface area contributed by atoms with E-state index in [1.54, 1.807) is 0 Å². The van der Waals surface area contributed by atoms with Gasteiger partial charge in [0.05, 0.1) is 24.3 Å². The molecular weight excluding hydrogens is 385 g/mol.